The van der Waals surface area contributed by atoms with Crippen LogP contribution < -0.4 is 0 Å². The van der Waals surface area contributed by atoms with Crippen LogP contribution in [0.25, 0.3) is 0 Å². The molecule has 0 bridgehead atoms. The van der Waals surface area contributed by atoms with Crippen molar-refractivity contribution in [1.29, 1.82) is 0 Å². The van der Waals surface area contributed by atoms with Gasteiger partial charge in [0.15, 0.2) is 0 Å². The van der Waals surface area contributed by atoms with Crippen LogP contribution in [0.2, 0.25) is 0 Å². The second-order valence-electron chi connectivity index (χ2n) is 4.79. The van der Waals surface area contributed by atoms with E-state index in [0.29, 0.717) is 6.07 Å². The van der Waals surface area contributed by atoms with E-state index in [1.54, 1.807) is 6.92 Å². The zero-order valence-corrected chi connectivity index (χ0v) is 9.18. The second kappa shape index (κ2) is 3.70. The molecule has 1 aliphatic rings. The van der Waals surface area contributed by atoms with Crippen molar-refractivity contribution in [3.8, 4) is 0 Å². The molecule has 1 fully saturated rings. The summed E-state index contributed by atoms with van der Waals surface area (Å²) >= 11 is 0. The zero-order valence-electron chi connectivity index (χ0n) is 9.18. The van der Waals surface area contributed by atoms with E-state index in [-0.39, 0.29) is 11.0 Å². The van der Waals surface area contributed by atoms with Crippen LogP contribution in [0.3, 0.4) is 0 Å². The smallest absolute Gasteiger partial charge is 0.388 e. The lowest BCUT2D eigenvalue weighted by atomic mass is 9.93. The normalized spacial score (nSPS) is 20.1. The number of rotatable bonds is 2. The summed E-state index contributed by atoms with van der Waals surface area (Å²) < 4.78 is 50.5. The van der Waals surface area contributed by atoms with Crippen molar-refractivity contribution in [2.75, 3.05) is 0 Å². The molecule has 1 aromatic carbocycles. The first kappa shape index (κ1) is 12.4. The Morgan fingerprint density at radius 2 is 1.88 bits per heavy atom. The van der Waals surface area contributed by atoms with Crippen molar-refractivity contribution in [1.82, 2.24) is 0 Å². The fourth-order valence-corrected chi connectivity index (χ4v) is 1.80. The molecule has 0 spiro atoms. The molecule has 1 unspecified atom stereocenters. The Hall–Kier alpha value is -1.10. The van der Waals surface area contributed by atoms with Crippen LogP contribution in [-0.4, -0.2) is 5.11 Å². The number of halogens is 4. The number of hydrogen-bond acceptors (Lipinski definition) is 1. The highest BCUT2D eigenvalue weighted by Gasteiger charge is 2.45. The standard InChI is InChI=1S/C12H12F4O/c1-11(4-5-11)10(17)7-2-3-9(13)8(6-7)12(14,15)16/h2-3,6,10,17H,4-5H2,1H3. The molecule has 1 saturated carbocycles. The van der Waals surface area contributed by atoms with Crippen LogP contribution in [0.1, 0.15) is 37.0 Å². The molecule has 17 heavy (non-hydrogen) atoms. The van der Waals surface area contributed by atoms with Crippen LogP contribution >= 0.6 is 0 Å². The van der Waals surface area contributed by atoms with Crippen LogP contribution in [0.5, 0.6) is 0 Å². The molecule has 0 saturated heterocycles. The van der Waals surface area contributed by atoms with Gasteiger partial charge in [-0.05, 0) is 36.0 Å². The summed E-state index contributed by atoms with van der Waals surface area (Å²) in [5.74, 6) is -1.31. The summed E-state index contributed by atoms with van der Waals surface area (Å²) in [7, 11) is 0. The van der Waals surface area contributed by atoms with Crippen LogP contribution in [0.15, 0.2) is 18.2 Å². The quantitative estimate of drug-likeness (QED) is 0.791. The van der Waals surface area contributed by atoms with Gasteiger partial charge in [0.25, 0.3) is 0 Å². The first-order valence-electron chi connectivity index (χ1n) is 5.29. The Labute approximate surface area is 96.1 Å². The van der Waals surface area contributed by atoms with Crippen molar-refractivity contribution in [3.63, 3.8) is 0 Å². The molecular formula is C12H12F4O. The summed E-state index contributed by atoms with van der Waals surface area (Å²) in [4.78, 5) is 0. The topological polar surface area (TPSA) is 20.2 Å². The average Bonchev–Trinajstić information content (AvgIpc) is 2.96. The lowest BCUT2D eigenvalue weighted by Crippen LogP contribution is -2.13. The fraction of sp³-hybridized carbons (Fsp3) is 0.500. The SMILES string of the molecule is CC1(C(O)c2ccc(F)c(C(F)(F)F)c2)CC1. The van der Waals surface area contributed by atoms with Crippen LogP contribution in [0.4, 0.5) is 17.6 Å². The molecule has 5 heteroatoms. The maximum Gasteiger partial charge on any atom is 0.419 e. The third kappa shape index (κ3) is 2.29. The highest BCUT2D eigenvalue weighted by atomic mass is 19.4. The van der Waals surface area contributed by atoms with Crippen LogP contribution in [0, 0.1) is 11.2 Å². The fourth-order valence-electron chi connectivity index (χ4n) is 1.80. The molecule has 0 radical (unpaired) electrons. The molecule has 1 aromatic rings. The molecule has 94 valence electrons. The summed E-state index contributed by atoms with van der Waals surface area (Å²) in [6.07, 6.45) is -4.16. The molecule has 0 aromatic heterocycles. The lowest BCUT2D eigenvalue weighted by Gasteiger charge is -2.19. The molecule has 0 amide bonds. The van der Waals surface area contributed by atoms with Gasteiger partial charge in [-0.2, -0.15) is 13.2 Å². The van der Waals surface area contributed by atoms with Gasteiger partial charge in [-0.3, -0.25) is 0 Å². The average molecular weight is 248 g/mol. The minimum absolute atomic E-state index is 0.124. The zero-order chi connectivity index (χ0) is 12.8. The molecule has 1 atom stereocenters. The Kier molecular flexibility index (Phi) is 2.69. The summed E-state index contributed by atoms with van der Waals surface area (Å²) in [5.41, 5.74) is -1.56. The third-order valence-corrected chi connectivity index (χ3v) is 3.31. The first-order chi connectivity index (χ1) is 7.74. The summed E-state index contributed by atoms with van der Waals surface area (Å²) in [5, 5.41) is 9.91. The molecule has 1 aliphatic carbocycles. The Morgan fingerprint density at radius 3 is 2.35 bits per heavy atom. The van der Waals surface area contributed by atoms with Gasteiger partial charge in [-0.1, -0.05) is 13.0 Å². The number of aliphatic hydroxyl groups is 1. The van der Waals surface area contributed by atoms with Gasteiger partial charge in [0, 0.05) is 0 Å². The van der Waals surface area contributed by atoms with Gasteiger partial charge < -0.3 is 5.11 Å². The van der Waals surface area contributed by atoms with Gasteiger partial charge in [0.2, 0.25) is 0 Å². The Bertz CT molecular complexity index is 435. The Morgan fingerprint density at radius 1 is 1.29 bits per heavy atom. The van der Waals surface area contributed by atoms with Crippen molar-refractivity contribution >= 4 is 0 Å². The van der Waals surface area contributed by atoms with Crippen molar-refractivity contribution in [2.24, 2.45) is 5.41 Å². The molecular weight excluding hydrogens is 236 g/mol. The molecule has 2 rings (SSSR count). The minimum Gasteiger partial charge on any atom is -0.388 e. The maximum atomic E-state index is 13.0. The van der Waals surface area contributed by atoms with E-state index in [1.165, 1.54) is 6.07 Å². The number of benzene rings is 1. The maximum absolute atomic E-state index is 13.0. The largest absolute Gasteiger partial charge is 0.419 e. The summed E-state index contributed by atoms with van der Waals surface area (Å²) in [6.45, 7) is 1.80. The Balaban J connectivity index is 2.37. The minimum atomic E-state index is -4.73. The van der Waals surface area contributed by atoms with E-state index in [0.717, 1.165) is 18.9 Å². The molecule has 0 heterocycles. The lowest BCUT2D eigenvalue weighted by molar-refractivity contribution is -0.140. The summed E-state index contributed by atoms with van der Waals surface area (Å²) in [6, 6.07) is 2.66. The van der Waals surface area contributed by atoms with Crippen molar-refractivity contribution in [2.45, 2.75) is 32.0 Å². The van der Waals surface area contributed by atoms with E-state index in [1.807, 2.05) is 0 Å². The van der Waals surface area contributed by atoms with Gasteiger partial charge in [0.05, 0.1) is 11.7 Å². The van der Waals surface area contributed by atoms with Crippen molar-refractivity contribution < 1.29 is 22.7 Å². The number of alkyl halides is 3. The number of aliphatic hydroxyl groups excluding tert-OH is 1. The predicted octanol–water partition coefficient (Wildman–Crippen LogP) is 3.68. The predicted molar refractivity (Wildman–Crippen MR) is 53.7 cm³/mol. The highest BCUT2D eigenvalue weighted by molar-refractivity contribution is 5.30. The monoisotopic (exact) mass is 248 g/mol. The number of hydrogen-bond donors (Lipinski definition) is 1. The van der Waals surface area contributed by atoms with E-state index < -0.39 is 23.7 Å². The van der Waals surface area contributed by atoms with E-state index in [2.05, 4.69) is 0 Å². The second-order valence-corrected chi connectivity index (χ2v) is 4.79. The van der Waals surface area contributed by atoms with Crippen molar-refractivity contribution in [3.05, 3.63) is 35.1 Å². The van der Waals surface area contributed by atoms with Gasteiger partial charge in [-0.15, -0.1) is 0 Å². The van der Waals surface area contributed by atoms with Crippen LogP contribution in [-0.2, 0) is 6.18 Å². The van der Waals surface area contributed by atoms with Gasteiger partial charge in [-0.25, -0.2) is 4.39 Å². The van der Waals surface area contributed by atoms with E-state index >= 15 is 0 Å². The van der Waals surface area contributed by atoms with E-state index in [9.17, 15) is 22.7 Å². The van der Waals surface area contributed by atoms with Gasteiger partial charge in [0.1, 0.15) is 5.82 Å². The molecule has 1 nitrogen and oxygen atoms in total. The highest BCUT2D eigenvalue weighted by Crippen LogP contribution is 2.54. The first-order valence-corrected chi connectivity index (χ1v) is 5.29. The molecule has 0 aliphatic heterocycles. The third-order valence-electron chi connectivity index (χ3n) is 3.31. The van der Waals surface area contributed by atoms with E-state index in [4.69, 9.17) is 0 Å². The molecule has 1 N–H and O–H groups in total. The van der Waals surface area contributed by atoms with Gasteiger partial charge >= 0.3 is 6.18 Å².